The Bertz CT molecular complexity index is 121. The highest BCUT2D eigenvalue weighted by Crippen LogP contribution is 1.78. The molecule has 0 spiro atoms. The summed E-state index contributed by atoms with van der Waals surface area (Å²) >= 11 is 0. The van der Waals surface area contributed by atoms with Crippen LogP contribution in [0.3, 0.4) is 0 Å². The second-order valence-corrected chi connectivity index (χ2v) is 1.86. The van der Waals surface area contributed by atoms with E-state index >= 15 is 0 Å². The fraction of sp³-hybridized carbons (Fsp3) is 0.571. The van der Waals surface area contributed by atoms with Gasteiger partial charge in [0.15, 0.2) is 0 Å². The third-order valence-corrected chi connectivity index (χ3v) is 1.06. The van der Waals surface area contributed by atoms with Crippen LogP contribution in [0, 0.1) is 0 Å². The third-order valence-electron chi connectivity index (χ3n) is 1.06. The first-order chi connectivity index (χ1) is 4.81. The number of carbonyl (C=O) groups is 1. The molecular formula is C7H14N2O. The summed E-state index contributed by atoms with van der Waals surface area (Å²) in [5.74, 6) is 0. The van der Waals surface area contributed by atoms with Gasteiger partial charge < -0.3 is 10.6 Å². The zero-order valence-corrected chi connectivity index (χ0v) is 6.48. The predicted octanol–water partition coefficient (Wildman–Crippen LogP) is 0.882. The SMILES string of the molecule is CC=CCCNC(=O)NC. The van der Waals surface area contributed by atoms with Gasteiger partial charge in [0.1, 0.15) is 0 Å². The molecule has 3 heteroatoms. The van der Waals surface area contributed by atoms with E-state index in [1.165, 1.54) is 0 Å². The van der Waals surface area contributed by atoms with Crippen molar-refractivity contribution in [1.29, 1.82) is 0 Å². The first kappa shape index (κ1) is 9.01. The van der Waals surface area contributed by atoms with Gasteiger partial charge in [0.2, 0.25) is 0 Å². The minimum absolute atomic E-state index is 0.121. The van der Waals surface area contributed by atoms with E-state index in [0.717, 1.165) is 6.42 Å². The van der Waals surface area contributed by atoms with Gasteiger partial charge in [-0.25, -0.2) is 4.79 Å². The maximum Gasteiger partial charge on any atom is 0.314 e. The van der Waals surface area contributed by atoms with Crippen LogP contribution in [0.25, 0.3) is 0 Å². The summed E-state index contributed by atoms with van der Waals surface area (Å²) in [7, 11) is 1.60. The lowest BCUT2D eigenvalue weighted by Gasteiger charge is -1.99. The molecule has 0 atom stereocenters. The lowest BCUT2D eigenvalue weighted by Crippen LogP contribution is -2.33. The molecule has 0 radical (unpaired) electrons. The number of allylic oxidation sites excluding steroid dienone is 1. The van der Waals surface area contributed by atoms with Gasteiger partial charge in [-0.15, -0.1) is 0 Å². The molecule has 3 nitrogen and oxygen atoms in total. The molecular weight excluding hydrogens is 128 g/mol. The van der Waals surface area contributed by atoms with Crippen LogP contribution >= 0.6 is 0 Å². The van der Waals surface area contributed by atoms with E-state index in [4.69, 9.17) is 0 Å². The average molecular weight is 142 g/mol. The van der Waals surface area contributed by atoms with Crippen LogP contribution in [0.5, 0.6) is 0 Å². The fourth-order valence-corrected chi connectivity index (χ4v) is 0.524. The zero-order valence-electron chi connectivity index (χ0n) is 6.48. The number of hydrogen-bond donors (Lipinski definition) is 2. The van der Waals surface area contributed by atoms with Crippen LogP contribution in [0.15, 0.2) is 12.2 Å². The molecule has 0 aliphatic heterocycles. The Labute approximate surface area is 61.5 Å². The molecule has 0 saturated heterocycles. The fourth-order valence-electron chi connectivity index (χ4n) is 0.524. The zero-order chi connectivity index (χ0) is 7.82. The van der Waals surface area contributed by atoms with E-state index < -0.39 is 0 Å². The summed E-state index contributed by atoms with van der Waals surface area (Å²) in [6.45, 7) is 2.66. The number of urea groups is 1. The van der Waals surface area contributed by atoms with E-state index in [1.807, 2.05) is 19.1 Å². The summed E-state index contributed by atoms with van der Waals surface area (Å²) < 4.78 is 0. The van der Waals surface area contributed by atoms with Crippen LogP contribution in [0.4, 0.5) is 4.79 Å². The topological polar surface area (TPSA) is 41.1 Å². The summed E-state index contributed by atoms with van der Waals surface area (Å²) in [5, 5.41) is 5.13. The molecule has 0 unspecified atom stereocenters. The van der Waals surface area contributed by atoms with Gasteiger partial charge in [-0.1, -0.05) is 12.2 Å². The van der Waals surface area contributed by atoms with Crippen LogP contribution < -0.4 is 10.6 Å². The Balaban J connectivity index is 3.11. The van der Waals surface area contributed by atoms with Crippen molar-refractivity contribution in [3.63, 3.8) is 0 Å². The van der Waals surface area contributed by atoms with Crippen molar-refractivity contribution in [3.8, 4) is 0 Å². The quantitative estimate of drug-likeness (QED) is 0.446. The van der Waals surface area contributed by atoms with Crippen LogP contribution in [0.2, 0.25) is 0 Å². The standard InChI is InChI=1S/C7H14N2O/c1-3-4-5-6-9-7(10)8-2/h3-4H,5-6H2,1-2H3,(H2,8,9,10). The van der Waals surface area contributed by atoms with Gasteiger partial charge in [0, 0.05) is 13.6 Å². The minimum Gasteiger partial charge on any atom is -0.341 e. The molecule has 0 aromatic rings. The van der Waals surface area contributed by atoms with Crippen LogP contribution in [-0.4, -0.2) is 19.6 Å². The van der Waals surface area contributed by atoms with Gasteiger partial charge in [-0.2, -0.15) is 0 Å². The maximum absolute atomic E-state index is 10.5. The van der Waals surface area contributed by atoms with Crippen molar-refractivity contribution in [2.45, 2.75) is 13.3 Å². The molecule has 0 heterocycles. The Morgan fingerprint density at radius 3 is 2.80 bits per heavy atom. The molecule has 58 valence electrons. The molecule has 10 heavy (non-hydrogen) atoms. The summed E-state index contributed by atoms with van der Waals surface area (Å²) in [6, 6.07) is -0.121. The Morgan fingerprint density at radius 1 is 1.60 bits per heavy atom. The van der Waals surface area contributed by atoms with E-state index in [1.54, 1.807) is 7.05 Å². The van der Waals surface area contributed by atoms with Crippen molar-refractivity contribution < 1.29 is 4.79 Å². The van der Waals surface area contributed by atoms with Gasteiger partial charge in [-0.05, 0) is 13.3 Å². The number of amides is 2. The Morgan fingerprint density at radius 2 is 2.30 bits per heavy atom. The van der Waals surface area contributed by atoms with Crippen molar-refractivity contribution >= 4 is 6.03 Å². The smallest absolute Gasteiger partial charge is 0.314 e. The second kappa shape index (κ2) is 6.13. The first-order valence-electron chi connectivity index (χ1n) is 3.38. The molecule has 0 aliphatic carbocycles. The highest BCUT2D eigenvalue weighted by molar-refractivity contribution is 5.73. The minimum atomic E-state index is -0.121. The predicted molar refractivity (Wildman–Crippen MR) is 41.9 cm³/mol. The molecule has 2 amide bonds. The average Bonchev–Trinajstić information content (AvgIpc) is 1.98. The number of rotatable bonds is 3. The van der Waals surface area contributed by atoms with Gasteiger partial charge in [0.25, 0.3) is 0 Å². The van der Waals surface area contributed by atoms with Gasteiger partial charge in [-0.3, -0.25) is 0 Å². The normalized spacial score (nSPS) is 9.80. The highest BCUT2D eigenvalue weighted by Gasteiger charge is 1.90. The number of hydrogen-bond acceptors (Lipinski definition) is 1. The van der Waals surface area contributed by atoms with Crippen molar-refractivity contribution in [2.75, 3.05) is 13.6 Å². The number of nitrogens with one attached hydrogen (secondary N) is 2. The molecule has 0 aromatic heterocycles. The lowest BCUT2D eigenvalue weighted by molar-refractivity contribution is 0.243. The maximum atomic E-state index is 10.5. The lowest BCUT2D eigenvalue weighted by atomic mass is 10.4. The van der Waals surface area contributed by atoms with E-state index in [-0.39, 0.29) is 6.03 Å². The molecule has 0 rings (SSSR count). The Hall–Kier alpha value is -0.990. The summed E-state index contributed by atoms with van der Waals surface area (Å²) in [6.07, 6.45) is 4.87. The third kappa shape index (κ3) is 5.15. The first-order valence-corrected chi connectivity index (χ1v) is 3.38. The van der Waals surface area contributed by atoms with E-state index in [9.17, 15) is 4.79 Å². The van der Waals surface area contributed by atoms with Crippen LogP contribution in [0.1, 0.15) is 13.3 Å². The summed E-state index contributed by atoms with van der Waals surface area (Å²) in [4.78, 5) is 10.5. The van der Waals surface area contributed by atoms with Gasteiger partial charge in [0.05, 0.1) is 0 Å². The van der Waals surface area contributed by atoms with E-state index in [2.05, 4.69) is 10.6 Å². The second-order valence-electron chi connectivity index (χ2n) is 1.86. The Kier molecular flexibility index (Phi) is 5.53. The van der Waals surface area contributed by atoms with Crippen molar-refractivity contribution in [2.24, 2.45) is 0 Å². The molecule has 2 N–H and O–H groups in total. The molecule has 0 saturated carbocycles. The monoisotopic (exact) mass is 142 g/mol. The largest absolute Gasteiger partial charge is 0.341 e. The van der Waals surface area contributed by atoms with Crippen molar-refractivity contribution in [3.05, 3.63) is 12.2 Å². The highest BCUT2D eigenvalue weighted by atomic mass is 16.2. The summed E-state index contributed by atoms with van der Waals surface area (Å²) in [5.41, 5.74) is 0. The molecule has 0 fully saturated rings. The molecule has 0 bridgehead atoms. The number of carbonyl (C=O) groups excluding carboxylic acids is 1. The molecule has 0 aromatic carbocycles. The van der Waals surface area contributed by atoms with E-state index in [0.29, 0.717) is 6.54 Å². The molecule has 0 aliphatic rings. The van der Waals surface area contributed by atoms with Crippen LogP contribution in [-0.2, 0) is 0 Å². The van der Waals surface area contributed by atoms with Crippen molar-refractivity contribution in [1.82, 2.24) is 10.6 Å². The van der Waals surface area contributed by atoms with Gasteiger partial charge >= 0.3 is 6.03 Å².